The Morgan fingerprint density at radius 3 is 2.57 bits per heavy atom. The number of nitrogens with one attached hydrogen (secondary N) is 1. The van der Waals surface area contributed by atoms with Gasteiger partial charge in [0.25, 0.3) is 0 Å². The number of ether oxygens (including phenoxy) is 2. The van der Waals surface area contributed by atoms with Crippen molar-refractivity contribution in [2.45, 2.75) is 6.42 Å². The summed E-state index contributed by atoms with van der Waals surface area (Å²) >= 11 is 0. The number of methoxy groups -OCH3 is 1. The fourth-order valence-electron chi connectivity index (χ4n) is 1.87. The number of halogens is 1. The first-order chi connectivity index (χ1) is 11.1. The van der Waals surface area contributed by atoms with Crippen LogP contribution in [0.3, 0.4) is 0 Å². The zero-order valence-electron chi connectivity index (χ0n) is 12.5. The number of esters is 1. The minimum Gasteiger partial charge on any atom is -0.493 e. The number of carbonyl (C=O) groups is 2. The predicted molar refractivity (Wildman–Crippen MR) is 82.9 cm³/mol. The molecule has 0 fully saturated rings. The van der Waals surface area contributed by atoms with E-state index in [2.05, 4.69) is 10.1 Å². The molecule has 0 saturated heterocycles. The van der Waals surface area contributed by atoms with Gasteiger partial charge in [-0.15, -0.1) is 0 Å². The Bertz CT molecular complexity index is 688. The van der Waals surface area contributed by atoms with E-state index >= 15 is 0 Å². The first-order valence-corrected chi connectivity index (χ1v) is 6.95. The molecule has 0 atom stereocenters. The summed E-state index contributed by atoms with van der Waals surface area (Å²) in [5, 5.41) is 2.58. The van der Waals surface area contributed by atoms with Crippen LogP contribution < -0.4 is 10.1 Å². The van der Waals surface area contributed by atoms with Gasteiger partial charge >= 0.3 is 5.97 Å². The van der Waals surface area contributed by atoms with Crippen LogP contribution in [-0.4, -0.2) is 25.6 Å². The summed E-state index contributed by atoms with van der Waals surface area (Å²) in [6.45, 7) is 0.209. The highest BCUT2D eigenvalue weighted by Gasteiger charge is 2.13. The first kappa shape index (κ1) is 16.5. The van der Waals surface area contributed by atoms with E-state index in [-0.39, 0.29) is 24.5 Å². The van der Waals surface area contributed by atoms with Crippen LogP contribution in [0.2, 0.25) is 0 Å². The van der Waals surface area contributed by atoms with Gasteiger partial charge in [-0.2, -0.15) is 0 Å². The second-order valence-electron chi connectivity index (χ2n) is 4.65. The van der Waals surface area contributed by atoms with E-state index in [1.165, 1.54) is 12.1 Å². The smallest absolute Gasteiger partial charge is 0.340 e. The topological polar surface area (TPSA) is 64.6 Å². The van der Waals surface area contributed by atoms with Gasteiger partial charge in [-0.25, -0.2) is 9.18 Å². The van der Waals surface area contributed by atoms with Crippen molar-refractivity contribution in [3.8, 4) is 5.75 Å². The summed E-state index contributed by atoms with van der Waals surface area (Å²) in [6, 6.07) is 12.8. The lowest BCUT2D eigenvalue weighted by Gasteiger charge is -2.08. The van der Waals surface area contributed by atoms with Crippen LogP contribution in [-0.2, 0) is 9.53 Å². The Morgan fingerprint density at radius 2 is 1.87 bits per heavy atom. The average molecular weight is 317 g/mol. The number of benzene rings is 2. The minimum absolute atomic E-state index is 0.125. The Hall–Kier alpha value is -2.89. The van der Waals surface area contributed by atoms with Crippen LogP contribution in [0, 0.1) is 5.82 Å². The van der Waals surface area contributed by atoms with Crippen molar-refractivity contribution in [3.63, 3.8) is 0 Å². The number of hydrogen-bond donors (Lipinski definition) is 1. The molecule has 0 saturated carbocycles. The molecule has 2 rings (SSSR count). The molecule has 0 bridgehead atoms. The molecule has 0 aromatic heterocycles. The number of hydrogen-bond acceptors (Lipinski definition) is 4. The van der Waals surface area contributed by atoms with Gasteiger partial charge < -0.3 is 14.8 Å². The fraction of sp³-hybridized carbons (Fsp3) is 0.176. The lowest BCUT2D eigenvalue weighted by atomic mass is 10.2. The average Bonchev–Trinajstić information content (AvgIpc) is 2.57. The van der Waals surface area contributed by atoms with E-state index in [0.717, 1.165) is 13.2 Å². The molecule has 2 aromatic rings. The minimum atomic E-state index is -0.800. The van der Waals surface area contributed by atoms with Crippen LogP contribution in [0.15, 0.2) is 48.5 Å². The van der Waals surface area contributed by atoms with Gasteiger partial charge in [0.05, 0.1) is 25.7 Å². The summed E-state index contributed by atoms with van der Waals surface area (Å²) in [5.74, 6) is -1.13. The van der Waals surface area contributed by atoms with E-state index < -0.39 is 11.8 Å². The van der Waals surface area contributed by atoms with Gasteiger partial charge in [-0.05, 0) is 30.3 Å². The highest BCUT2D eigenvalue weighted by Crippen LogP contribution is 2.16. The van der Waals surface area contributed by atoms with Crippen LogP contribution in [0.25, 0.3) is 0 Å². The molecule has 0 radical (unpaired) electrons. The monoisotopic (exact) mass is 317 g/mol. The van der Waals surface area contributed by atoms with Gasteiger partial charge in [-0.1, -0.05) is 18.2 Å². The van der Waals surface area contributed by atoms with Crippen molar-refractivity contribution in [2.24, 2.45) is 0 Å². The third-order valence-electron chi connectivity index (χ3n) is 3.00. The SMILES string of the molecule is COC(=O)c1cc(NC(=O)CCOc2ccccc2)ccc1F. The number of amides is 1. The van der Waals surface area contributed by atoms with Gasteiger partial charge in [0.2, 0.25) is 5.91 Å². The zero-order chi connectivity index (χ0) is 16.7. The normalized spacial score (nSPS) is 10.0. The number of para-hydroxylation sites is 1. The molecule has 6 heteroatoms. The molecule has 1 N–H and O–H groups in total. The van der Waals surface area contributed by atoms with E-state index in [1.54, 1.807) is 12.1 Å². The third kappa shape index (κ3) is 4.81. The van der Waals surface area contributed by atoms with E-state index in [9.17, 15) is 14.0 Å². The van der Waals surface area contributed by atoms with Gasteiger partial charge in [-0.3, -0.25) is 4.79 Å². The summed E-state index contributed by atoms with van der Waals surface area (Å²) in [6.07, 6.45) is 0.125. The van der Waals surface area contributed by atoms with Crippen molar-refractivity contribution in [1.29, 1.82) is 0 Å². The Kier molecular flexibility index (Phi) is 5.68. The molecule has 0 aliphatic carbocycles. The molecule has 2 aromatic carbocycles. The molecule has 120 valence electrons. The van der Waals surface area contributed by atoms with Crippen molar-refractivity contribution >= 4 is 17.6 Å². The lowest BCUT2D eigenvalue weighted by Crippen LogP contribution is -2.16. The second kappa shape index (κ2) is 7.93. The maximum atomic E-state index is 13.5. The number of rotatable bonds is 6. The van der Waals surface area contributed by atoms with Crippen LogP contribution >= 0.6 is 0 Å². The quantitative estimate of drug-likeness (QED) is 0.832. The van der Waals surface area contributed by atoms with Crippen LogP contribution in [0.5, 0.6) is 5.75 Å². The van der Waals surface area contributed by atoms with E-state index in [4.69, 9.17) is 4.74 Å². The Morgan fingerprint density at radius 1 is 1.13 bits per heavy atom. The molecular formula is C17H16FNO4. The first-order valence-electron chi connectivity index (χ1n) is 6.95. The van der Waals surface area contributed by atoms with Crippen molar-refractivity contribution in [2.75, 3.05) is 19.0 Å². The lowest BCUT2D eigenvalue weighted by molar-refractivity contribution is -0.116. The van der Waals surface area contributed by atoms with Crippen molar-refractivity contribution < 1.29 is 23.5 Å². The summed E-state index contributed by atoms with van der Waals surface area (Å²) in [4.78, 5) is 23.2. The summed E-state index contributed by atoms with van der Waals surface area (Å²) in [7, 11) is 1.16. The van der Waals surface area contributed by atoms with Crippen LogP contribution in [0.4, 0.5) is 10.1 Å². The molecule has 0 aliphatic rings. The van der Waals surface area contributed by atoms with E-state index in [0.29, 0.717) is 11.4 Å². The standard InChI is InChI=1S/C17H16FNO4/c1-22-17(21)14-11-12(7-8-15(14)18)19-16(20)9-10-23-13-5-3-2-4-6-13/h2-8,11H,9-10H2,1H3,(H,19,20). The Labute approximate surface area is 133 Å². The summed E-state index contributed by atoms with van der Waals surface area (Å²) < 4.78 is 23.4. The largest absolute Gasteiger partial charge is 0.493 e. The van der Waals surface area contributed by atoms with Crippen molar-refractivity contribution in [1.82, 2.24) is 0 Å². The highest BCUT2D eigenvalue weighted by molar-refractivity contribution is 5.94. The molecule has 23 heavy (non-hydrogen) atoms. The van der Waals surface area contributed by atoms with Gasteiger partial charge in [0.1, 0.15) is 11.6 Å². The molecule has 0 unspecified atom stereocenters. The van der Waals surface area contributed by atoms with Gasteiger partial charge in [0, 0.05) is 5.69 Å². The molecular weight excluding hydrogens is 301 g/mol. The van der Waals surface area contributed by atoms with Gasteiger partial charge in [0.15, 0.2) is 0 Å². The number of carbonyl (C=O) groups excluding carboxylic acids is 2. The molecule has 0 aliphatic heterocycles. The zero-order valence-corrected chi connectivity index (χ0v) is 12.5. The maximum Gasteiger partial charge on any atom is 0.340 e. The fourth-order valence-corrected chi connectivity index (χ4v) is 1.87. The molecule has 1 amide bonds. The van der Waals surface area contributed by atoms with Crippen molar-refractivity contribution in [3.05, 3.63) is 59.9 Å². The summed E-state index contributed by atoms with van der Waals surface area (Å²) in [5.41, 5.74) is 0.0855. The second-order valence-corrected chi connectivity index (χ2v) is 4.65. The number of anilines is 1. The highest BCUT2D eigenvalue weighted by atomic mass is 19.1. The predicted octanol–water partition coefficient (Wildman–Crippen LogP) is 3.02. The van der Waals surface area contributed by atoms with E-state index in [1.807, 2.05) is 18.2 Å². The molecule has 0 heterocycles. The van der Waals surface area contributed by atoms with Crippen LogP contribution in [0.1, 0.15) is 16.8 Å². The molecule has 5 nitrogen and oxygen atoms in total. The molecule has 0 spiro atoms. The maximum absolute atomic E-state index is 13.5. The Balaban J connectivity index is 1.89. The third-order valence-corrected chi connectivity index (χ3v) is 3.00.